The lowest BCUT2D eigenvalue weighted by Crippen LogP contribution is -1.95. The topological polar surface area (TPSA) is 37.3 Å². The number of aryl methyl sites for hydroxylation is 1. The Bertz CT molecular complexity index is 462. The third-order valence-corrected chi connectivity index (χ3v) is 4.55. The van der Waals surface area contributed by atoms with E-state index in [0.717, 1.165) is 12.8 Å². The molecule has 0 spiro atoms. The summed E-state index contributed by atoms with van der Waals surface area (Å²) < 4.78 is 0. The van der Waals surface area contributed by atoms with E-state index in [1.165, 1.54) is 69.8 Å². The minimum absolute atomic E-state index is 0.474. The van der Waals surface area contributed by atoms with Gasteiger partial charge < -0.3 is 5.11 Å². The zero-order valence-corrected chi connectivity index (χ0v) is 15.3. The van der Waals surface area contributed by atoms with Gasteiger partial charge in [0.05, 0.1) is 0 Å². The summed E-state index contributed by atoms with van der Waals surface area (Å²) in [5.41, 5.74) is 1.94. The van der Waals surface area contributed by atoms with Crippen LogP contribution in [0.15, 0.2) is 42.0 Å². The van der Waals surface area contributed by atoms with Gasteiger partial charge in [0.2, 0.25) is 0 Å². The van der Waals surface area contributed by atoms with Crippen LogP contribution in [-0.4, -0.2) is 11.1 Å². The normalized spacial score (nSPS) is 11.6. The van der Waals surface area contributed by atoms with Crippen molar-refractivity contribution in [2.45, 2.75) is 84.0 Å². The van der Waals surface area contributed by atoms with Crippen molar-refractivity contribution in [2.75, 3.05) is 0 Å². The van der Waals surface area contributed by atoms with Crippen LogP contribution in [0.4, 0.5) is 0 Å². The molecule has 0 amide bonds. The van der Waals surface area contributed by atoms with Gasteiger partial charge in [-0.1, -0.05) is 87.8 Å². The predicted molar refractivity (Wildman–Crippen MR) is 102 cm³/mol. The Labute approximate surface area is 148 Å². The molecule has 0 saturated heterocycles. The second-order valence-corrected chi connectivity index (χ2v) is 6.75. The SMILES string of the molecule is CC(=CCCCCCCCCCCCCc1ccccc1)C(=O)O. The second-order valence-electron chi connectivity index (χ2n) is 6.75. The maximum absolute atomic E-state index is 10.6. The Morgan fingerprint density at radius 3 is 1.88 bits per heavy atom. The molecule has 24 heavy (non-hydrogen) atoms. The summed E-state index contributed by atoms with van der Waals surface area (Å²) in [5, 5.41) is 8.75. The quantitative estimate of drug-likeness (QED) is 0.310. The molecule has 0 unspecified atom stereocenters. The van der Waals surface area contributed by atoms with Crippen LogP contribution in [0.5, 0.6) is 0 Å². The number of unbranched alkanes of at least 4 members (excludes halogenated alkanes) is 10. The van der Waals surface area contributed by atoms with E-state index in [2.05, 4.69) is 30.3 Å². The van der Waals surface area contributed by atoms with Crippen molar-refractivity contribution >= 4 is 5.97 Å². The van der Waals surface area contributed by atoms with E-state index in [0.29, 0.717) is 5.57 Å². The van der Waals surface area contributed by atoms with Crippen molar-refractivity contribution in [1.29, 1.82) is 0 Å². The Morgan fingerprint density at radius 1 is 0.833 bits per heavy atom. The molecule has 1 aromatic rings. The third kappa shape index (κ3) is 11.0. The molecule has 2 heteroatoms. The average molecular weight is 331 g/mol. The van der Waals surface area contributed by atoms with Gasteiger partial charge >= 0.3 is 5.97 Å². The molecule has 0 aliphatic rings. The van der Waals surface area contributed by atoms with Gasteiger partial charge in [0, 0.05) is 5.57 Å². The minimum atomic E-state index is -0.793. The largest absolute Gasteiger partial charge is 0.478 e. The summed E-state index contributed by atoms with van der Waals surface area (Å²) in [6, 6.07) is 10.8. The van der Waals surface area contributed by atoms with E-state index in [1.54, 1.807) is 6.92 Å². The highest BCUT2D eigenvalue weighted by Gasteiger charge is 1.98. The Morgan fingerprint density at radius 2 is 1.33 bits per heavy atom. The van der Waals surface area contributed by atoms with E-state index in [-0.39, 0.29) is 0 Å². The Kier molecular flexibility index (Phi) is 11.8. The molecule has 0 bridgehead atoms. The molecule has 0 atom stereocenters. The monoisotopic (exact) mass is 330 g/mol. The van der Waals surface area contributed by atoms with Gasteiger partial charge in [-0.15, -0.1) is 0 Å². The number of hydrogen-bond acceptors (Lipinski definition) is 1. The summed E-state index contributed by atoms with van der Waals surface area (Å²) >= 11 is 0. The molecule has 0 saturated carbocycles. The summed E-state index contributed by atoms with van der Waals surface area (Å²) in [6.07, 6.45) is 17.0. The second kappa shape index (κ2) is 13.8. The van der Waals surface area contributed by atoms with Crippen molar-refractivity contribution < 1.29 is 9.90 Å². The maximum atomic E-state index is 10.6. The number of carboxylic acids is 1. The van der Waals surface area contributed by atoms with Gasteiger partial charge in [-0.25, -0.2) is 4.79 Å². The van der Waals surface area contributed by atoms with Crippen LogP contribution in [0.1, 0.15) is 83.1 Å². The zero-order chi connectivity index (χ0) is 17.5. The van der Waals surface area contributed by atoms with E-state index < -0.39 is 5.97 Å². The molecular formula is C22H34O2. The first kappa shape index (κ1) is 20.5. The lowest BCUT2D eigenvalue weighted by atomic mass is 10.0. The zero-order valence-electron chi connectivity index (χ0n) is 15.3. The molecule has 1 aromatic carbocycles. The number of carboxylic acid groups (broad SMARTS) is 1. The average Bonchev–Trinajstić information content (AvgIpc) is 2.59. The molecular weight excluding hydrogens is 296 g/mol. The van der Waals surface area contributed by atoms with Crippen LogP contribution >= 0.6 is 0 Å². The minimum Gasteiger partial charge on any atom is -0.478 e. The fourth-order valence-corrected chi connectivity index (χ4v) is 2.94. The molecule has 2 nitrogen and oxygen atoms in total. The Hall–Kier alpha value is -1.57. The highest BCUT2D eigenvalue weighted by Crippen LogP contribution is 2.13. The van der Waals surface area contributed by atoms with Crippen LogP contribution in [0.3, 0.4) is 0 Å². The number of aliphatic carboxylic acids is 1. The first-order chi connectivity index (χ1) is 11.7. The molecule has 1 N–H and O–H groups in total. The predicted octanol–water partition coefficient (Wildman–Crippen LogP) is 6.55. The molecule has 1 rings (SSSR count). The molecule has 0 heterocycles. The summed E-state index contributed by atoms with van der Waals surface area (Å²) in [6.45, 7) is 1.67. The molecule has 0 fully saturated rings. The van der Waals surface area contributed by atoms with Crippen LogP contribution in [0, 0.1) is 0 Å². The first-order valence-corrected chi connectivity index (χ1v) is 9.64. The molecule has 0 aromatic heterocycles. The van der Waals surface area contributed by atoms with Gasteiger partial charge in [0.25, 0.3) is 0 Å². The number of allylic oxidation sites excluding steroid dienone is 1. The third-order valence-electron chi connectivity index (χ3n) is 4.55. The van der Waals surface area contributed by atoms with Gasteiger partial charge in [-0.2, -0.15) is 0 Å². The molecule has 0 aliphatic heterocycles. The van der Waals surface area contributed by atoms with E-state index in [1.807, 2.05) is 6.08 Å². The van der Waals surface area contributed by atoms with Gasteiger partial charge in [0.1, 0.15) is 0 Å². The smallest absolute Gasteiger partial charge is 0.330 e. The fourth-order valence-electron chi connectivity index (χ4n) is 2.94. The van der Waals surface area contributed by atoms with Crippen molar-refractivity contribution in [3.8, 4) is 0 Å². The van der Waals surface area contributed by atoms with Crippen LogP contribution in [0.2, 0.25) is 0 Å². The van der Waals surface area contributed by atoms with Crippen molar-refractivity contribution in [3.05, 3.63) is 47.5 Å². The summed E-state index contributed by atoms with van der Waals surface area (Å²) in [7, 11) is 0. The lowest BCUT2D eigenvalue weighted by Gasteiger charge is -2.03. The summed E-state index contributed by atoms with van der Waals surface area (Å²) in [4.78, 5) is 10.6. The number of rotatable bonds is 14. The van der Waals surface area contributed by atoms with Gasteiger partial charge in [-0.05, 0) is 38.2 Å². The number of benzene rings is 1. The molecule has 134 valence electrons. The van der Waals surface area contributed by atoms with Crippen LogP contribution in [-0.2, 0) is 11.2 Å². The maximum Gasteiger partial charge on any atom is 0.330 e. The van der Waals surface area contributed by atoms with Crippen molar-refractivity contribution in [2.24, 2.45) is 0 Å². The first-order valence-electron chi connectivity index (χ1n) is 9.64. The van der Waals surface area contributed by atoms with Gasteiger partial charge in [-0.3, -0.25) is 0 Å². The highest BCUT2D eigenvalue weighted by molar-refractivity contribution is 5.85. The van der Waals surface area contributed by atoms with Crippen molar-refractivity contribution in [1.82, 2.24) is 0 Å². The van der Waals surface area contributed by atoms with E-state index in [9.17, 15) is 4.79 Å². The lowest BCUT2D eigenvalue weighted by molar-refractivity contribution is -0.132. The van der Waals surface area contributed by atoms with Gasteiger partial charge in [0.15, 0.2) is 0 Å². The Balaban J connectivity index is 1.81. The van der Waals surface area contributed by atoms with E-state index in [4.69, 9.17) is 5.11 Å². The standard InChI is InChI=1S/C22H34O2/c1-20(22(23)24)16-12-9-7-5-3-2-4-6-8-10-13-17-21-18-14-11-15-19-21/h11,14-16,18-19H,2-10,12-13,17H2,1H3,(H,23,24). The fraction of sp³-hybridized carbons (Fsp3) is 0.591. The summed E-state index contributed by atoms with van der Waals surface area (Å²) in [5.74, 6) is -0.793. The number of carbonyl (C=O) groups is 1. The molecule has 0 aliphatic carbocycles. The molecule has 0 radical (unpaired) electrons. The van der Waals surface area contributed by atoms with Crippen molar-refractivity contribution in [3.63, 3.8) is 0 Å². The van der Waals surface area contributed by atoms with Crippen LogP contribution < -0.4 is 0 Å². The van der Waals surface area contributed by atoms with Crippen LogP contribution in [0.25, 0.3) is 0 Å². The highest BCUT2D eigenvalue weighted by atomic mass is 16.4. The van der Waals surface area contributed by atoms with E-state index >= 15 is 0 Å². The number of hydrogen-bond donors (Lipinski definition) is 1.